The van der Waals surface area contributed by atoms with Gasteiger partial charge in [0.05, 0.1) is 12.0 Å². The molecule has 1 atom stereocenters. The monoisotopic (exact) mass is 269 g/mol. The van der Waals surface area contributed by atoms with Crippen molar-refractivity contribution >= 4 is 11.6 Å². The van der Waals surface area contributed by atoms with E-state index in [1.165, 1.54) is 16.7 Å². The topological polar surface area (TPSA) is 23.8 Å². The molecule has 0 aliphatic heterocycles. The van der Waals surface area contributed by atoms with E-state index in [1.54, 1.807) is 0 Å². The molecule has 0 N–H and O–H groups in total. The molecule has 0 bridgehead atoms. The third-order valence-electron chi connectivity index (χ3n) is 3.37. The van der Waals surface area contributed by atoms with E-state index in [-0.39, 0.29) is 5.92 Å². The first-order valence-electron chi connectivity index (χ1n) is 6.32. The Balaban J connectivity index is 2.33. The highest BCUT2D eigenvalue weighted by Gasteiger charge is 2.15. The standard InChI is InChI=1S/C17H16ClN/c1-12-7-8-13(2)14(9-12)10-15(11-19)16-5-3-4-6-17(16)18/h3-9,15H,10H2,1-2H3. The number of hydrogen-bond acceptors (Lipinski definition) is 1. The molecule has 2 rings (SSSR count). The largest absolute Gasteiger partial charge is 0.198 e. The number of hydrogen-bond donors (Lipinski definition) is 0. The first-order valence-corrected chi connectivity index (χ1v) is 6.70. The molecule has 0 aliphatic carbocycles. The van der Waals surface area contributed by atoms with E-state index in [0.29, 0.717) is 11.4 Å². The van der Waals surface area contributed by atoms with Gasteiger partial charge in [-0.1, -0.05) is 53.6 Å². The zero-order chi connectivity index (χ0) is 13.8. The van der Waals surface area contributed by atoms with Crippen molar-refractivity contribution in [2.75, 3.05) is 0 Å². The second kappa shape index (κ2) is 5.91. The Morgan fingerprint density at radius 1 is 1.16 bits per heavy atom. The van der Waals surface area contributed by atoms with Gasteiger partial charge >= 0.3 is 0 Å². The molecule has 0 spiro atoms. The van der Waals surface area contributed by atoms with Crippen molar-refractivity contribution in [1.82, 2.24) is 0 Å². The number of nitriles is 1. The molecule has 2 aromatic rings. The number of rotatable bonds is 3. The SMILES string of the molecule is Cc1ccc(C)c(CC(C#N)c2ccccc2Cl)c1. The van der Waals surface area contributed by atoms with E-state index in [0.717, 1.165) is 5.56 Å². The Hall–Kier alpha value is -1.78. The second-order valence-corrected chi connectivity index (χ2v) is 5.24. The van der Waals surface area contributed by atoms with E-state index in [9.17, 15) is 5.26 Å². The van der Waals surface area contributed by atoms with Crippen LogP contribution < -0.4 is 0 Å². The molecule has 0 aliphatic rings. The van der Waals surface area contributed by atoms with E-state index in [4.69, 9.17) is 11.6 Å². The molecule has 0 fully saturated rings. The van der Waals surface area contributed by atoms with Crippen LogP contribution in [0.2, 0.25) is 5.02 Å². The molecular formula is C17H16ClN. The van der Waals surface area contributed by atoms with Crippen LogP contribution in [0, 0.1) is 25.2 Å². The third-order valence-corrected chi connectivity index (χ3v) is 3.71. The molecule has 2 heteroatoms. The number of nitrogens with zero attached hydrogens (tertiary/aromatic N) is 1. The summed E-state index contributed by atoms with van der Waals surface area (Å²) in [5, 5.41) is 10.1. The molecule has 0 aromatic heterocycles. The van der Waals surface area contributed by atoms with Gasteiger partial charge in [-0.25, -0.2) is 0 Å². The first-order chi connectivity index (χ1) is 9.11. The number of benzene rings is 2. The normalized spacial score (nSPS) is 11.9. The van der Waals surface area contributed by atoms with Crippen molar-refractivity contribution in [2.24, 2.45) is 0 Å². The highest BCUT2D eigenvalue weighted by molar-refractivity contribution is 6.31. The van der Waals surface area contributed by atoms with Crippen molar-refractivity contribution < 1.29 is 0 Å². The molecule has 0 heterocycles. The van der Waals surface area contributed by atoms with Crippen LogP contribution in [-0.2, 0) is 6.42 Å². The summed E-state index contributed by atoms with van der Waals surface area (Å²) in [4.78, 5) is 0. The molecule has 0 saturated carbocycles. The van der Waals surface area contributed by atoms with Gasteiger partial charge in [-0.2, -0.15) is 5.26 Å². The lowest BCUT2D eigenvalue weighted by molar-refractivity contribution is 0.842. The average Bonchev–Trinajstić information content (AvgIpc) is 2.41. The minimum absolute atomic E-state index is 0.200. The molecule has 96 valence electrons. The molecule has 0 radical (unpaired) electrons. The van der Waals surface area contributed by atoms with Crippen molar-refractivity contribution in [3.63, 3.8) is 0 Å². The zero-order valence-electron chi connectivity index (χ0n) is 11.2. The summed E-state index contributed by atoms with van der Waals surface area (Å²) in [6, 6.07) is 16.3. The van der Waals surface area contributed by atoms with Gasteiger partial charge in [-0.15, -0.1) is 0 Å². The van der Waals surface area contributed by atoms with Crippen LogP contribution in [0.3, 0.4) is 0 Å². The Labute approximate surface area is 119 Å². The predicted octanol–water partition coefficient (Wildman–Crippen LogP) is 4.81. The maximum atomic E-state index is 9.42. The molecule has 0 amide bonds. The molecular weight excluding hydrogens is 254 g/mol. The molecule has 1 nitrogen and oxygen atoms in total. The lowest BCUT2D eigenvalue weighted by atomic mass is 9.90. The Morgan fingerprint density at radius 3 is 2.58 bits per heavy atom. The number of aryl methyl sites for hydroxylation is 2. The van der Waals surface area contributed by atoms with Crippen LogP contribution in [0.15, 0.2) is 42.5 Å². The molecule has 19 heavy (non-hydrogen) atoms. The van der Waals surface area contributed by atoms with Gasteiger partial charge in [0.25, 0.3) is 0 Å². The fraction of sp³-hybridized carbons (Fsp3) is 0.235. The van der Waals surface area contributed by atoms with E-state index in [2.05, 4.69) is 38.1 Å². The molecule has 2 aromatic carbocycles. The number of halogens is 1. The minimum Gasteiger partial charge on any atom is -0.198 e. The minimum atomic E-state index is -0.200. The lowest BCUT2D eigenvalue weighted by Gasteiger charge is -2.13. The summed E-state index contributed by atoms with van der Waals surface area (Å²) in [5.41, 5.74) is 4.56. The molecule has 1 unspecified atom stereocenters. The highest BCUT2D eigenvalue weighted by Crippen LogP contribution is 2.28. The van der Waals surface area contributed by atoms with Gasteiger partial charge < -0.3 is 0 Å². The van der Waals surface area contributed by atoms with Crippen LogP contribution in [0.5, 0.6) is 0 Å². The summed E-state index contributed by atoms with van der Waals surface area (Å²) < 4.78 is 0. The van der Waals surface area contributed by atoms with Crippen LogP contribution in [-0.4, -0.2) is 0 Å². The smallest absolute Gasteiger partial charge is 0.0767 e. The van der Waals surface area contributed by atoms with E-state index >= 15 is 0 Å². The van der Waals surface area contributed by atoms with Gasteiger partial charge in [0.1, 0.15) is 0 Å². The Morgan fingerprint density at radius 2 is 1.89 bits per heavy atom. The van der Waals surface area contributed by atoms with E-state index < -0.39 is 0 Å². The summed E-state index contributed by atoms with van der Waals surface area (Å²) >= 11 is 6.18. The van der Waals surface area contributed by atoms with Gasteiger partial charge in [-0.3, -0.25) is 0 Å². The van der Waals surface area contributed by atoms with Crippen molar-refractivity contribution in [3.8, 4) is 6.07 Å². The van der Waals surface area contributed by atoms with Crippen molar-refractivity contribution in [3.05, 3.63) is 69.7 Å². The van der Waals surface area contributed by atoms with Gasteiger partial charge in [-0.05, 0) is 43.0 Å². The highest BCUT2D eigenvalue weighted by atomic mass is 35.5. The van der Waals surface area contributed by atoms with Crippen molar-refractivity contribution in [1.29, 1.82) is 5.26 Å². The van der Waals surface area contributed by atoms with Gasteiger partial charge in [0.2, 0.25) is 0 Å². The summed E-state index contributed by atoms with van der Waals surface area (Å²) in [5.74, 6) is -0.200. The fourth-order valence-electron chi connectivity index (χ4n) is 2.22. The van der Waals surface area contributed by atoms with Crippen LogP contribution >= 0.6 is 11.6 Å². The Bertz CT molecular complexity index is 625. The molecule has 0 saturated heterocycles. The zero-order valence-corrected chi connectivity index (χ0v) is 11.9. The van der Waals surface area contributed by atoms with Crippen LogP contribution in [0.1, 0.15) is 28.2 Å². The Kier molecular flexibility index (Phi) is 4.24. The average molecular weight is 270 g/mol. The van der Waals surface area contributed by atoms with Crippen LogP contribution in [0.25, 0.3) is 0 Å². The van der Waals surface area contributed by atoms with Crippen LogP contribution in [0.4, 0.5) is 0 Å². The van der Waals surface area contributed by atoms with Gasteiger partial charge in [0.15, 0.2) is 0 Å². The lowest BCUT2D eigenvalue weighted by Crippen LogP contribution is -2.03. The summed E-state index contributed by atoms with van der Waals surface area (Å²) in [7, 11) is 0. The summed E-state index contributed by atoms with van der Waals surface area (Å²) in [6.45, 7) is 4.15. The maximum Gasteiger partial charge on any atom is 0.0767 e. The quantitative estimate of drug-likeness (QED) is 0.785. The second-order valence-electron chi connectivity index (χ2n) is 4.84. The maximum absolute atomic E-state index is 9.42. The van der Waals surface area contributed by atoms with Gasteiger partial charge in [0, 0.05) is 5.02 Å². The fourth-order valence-corrected chi connectivity index (χ4v) is 2.49. The van der Waals surface area contributed by atoms with Crippen molar-refractivity contribution in [2.45, 2.75) is 26.2 Å². The van der Waals surface area contributed by atoms with E-state index in [1.807, 2.05) is 24.3 Å². The first kappa shape index (κ1) is 13.6. The summed E-state index contributed by atoms with van der Waals surface area (Å²) in [6.07, 6.45) is 0.702. The third kappa shape index (κ3) is 3.16. The predicted molar refractivity (Wildman–Crippen MR) is 79.4 cm³/mol.